The van der Waals surface area contributed by atoms with Crippen LogP contribution in [0.15, 0.2) is 24.3 Å². The number of nitrogens with zero attached hydrogens (tertiary/aromatic N) is 1. The van der Waals surface area contributed by atoms with Crippen molar-refractivity contribution < 1.29 is 10.2 Å². The molecule has 0 amide bonds. The fourth-order valence-electron chi connectivity index (χ4n) is 0.885. The Labute approximate surface area is 70.5 Å². The summed E-state index contributed by atoms with van der Waals surface area (Å²) in [7, 11) is 0. The first-order chi connectivity index (χ1) is 5.77. The highest BCUT2D eigenvalue weighted by Gasteiger charge is 2.04. The van der Waals surface area contributed by atoms with E-state index in [0.717, 1.165) is 0 Å². The van der Waals surface area contributed by atoms with Gasteiger partial charge in [0.05, 0.1) is 18.2 Å². The third-order valence-corrected chi connectivity index (χ3v) is 1.60. The van der Waals surface area contributed by atoms with Crippen LogP contribution >= 0.6 is 0 Å². The normalized spacial score (nSPS) is 12.1. The van der Waals surface area contributed by atoms with E-state index in [2.05, 4.69) is 0 Å². The van der Waals surface area contributed by atoms with Gasteiger partial charge in [0.15, 0.2) is 0 Å². The number of aliphatic hydroxyl groups is 2. The molecule has 3 heteroatoms. The largest absolute Gasteiger partial charge is 0.393 e. The van der Waals surface area contributed by atoms with E-state index in [1.807, 2.05) is 6.07 Å². The average Bonchev–Trinajstić information content (AvgIpc) is 2.17. The van der Waals surface area contributed by atoms with Gasteiger partial charge < -0.3 is 10.2 Å². The number of hydrogen-bond acceptors (Lipinski definition) is 3. The van der Waals surface area contributed by atoms with Crippen LogP contribution in [-0.2, 0) is 0 Å². The van der Waals surface area contributed by atoms with Crippen LogP contribution in [0.4, 0.5) is 0 Å². The second-order valence-corrected chi connectivity index (χ2v) is 2.43. The van der Waals surface area contributed by atoms with E-state index in [0.29, 0.717) is 11.1 Å². The molecule has 0 heterocycles. The Kier molecular flexibility index (Phi) is 2.81. The van der Waals surface area contributed by atoms with Crippen LogP contribution in [0.5, 0.6) is 0 Å². The maximum absolute atomic E-state index is 9.16. The molecule has 0 aliphatic heterocycles. The fourth-order valence-corrected chi connectivity index (χ4v) is 0.885. The van der Waals surface area contributed by atoms with Gasteiger partial charge >= 0.3 is 0 Å². The Morgan fingerprint density at radius 3 is 2.33 bits per heavy atom. The quantitative estimate of drug-likeness (QED) is 0.670. The average molecular weight is 163 g/mol. The molecule has 1 aromatic rings. The van der Waals surface area contributed by atoms with Crippen LogP contribution < -0.4 is 0 Å². The summed E-state index contributed by atoms with van der Waals surface area (Å²) in [6.07, 6.45) is -0.849. The molecule has 0 saturated carbocycles. The zero-order valence-electron chi connectivity index (χ0n) is 6.44. The predicted molar refractivity (Wildman–Crippen MR) is 43.2 cm³/mol. The van der Waals surface area contributed by atoms with Crippen molar-refractivity contribution in [1.29, 1.82) is 5.26 Å². The summed E-state index contributed by atoms with van der Waals surface area (Å²) in [6, 6.07) is 8.43. The number of hydrogen-bond donors (Lipinski definition) is 2. The van der Waals surface area contributed by atoms with Crippen molar-refractivity contribution in [3.8, 4) is 6.07 Å². The lowest BCUT2D eigenvalue weighted by molar-refractivity contribution is 0.0956. The molecular formula is C9H9NO2. The zero-order valence-corrected chi connectivity index (χ0v) is 6.44. The van der Waals surface area contributed by atoms with Crippen LogP contribution in [0, 0.1) is 11.3 Å². The molecule has 0 aromatic heterocycles. The van der Waals surface area contributed by atoms with Gasteiger partial charge in [-0.3, -0.25) is 0 Å². The van der Waals surface area contributed by atoms with Gasteiger partial charge in [0, 0.05) is 0 Å². The van der Waals surface area contributed by atoms with Crippen molar-refractivity contribution in [2.75, 3.05) is 6.61 Å². The first-order valence-corrected chi connectivity index (χ1v) is 3.57. The van der Waals surface area contributed by atoms with E-state index < -0.39 is 6.10 Å². The van der Waals surface area contributed by atoms with E-state index in [-0.39, 0.29) is 6.61 Å². The molecule has 0 bridgehead atoms. The van der Waals surface area contributed by atoms with E-state index in [9.17, 15) is 0 Å². The lowest BCUT2D eigenvalue weighted by Gasteiger charge is -2.05. The maximum Gasteiger partial charge on any atom is 0.102 e. The van der Waals surface area contributed by atoms with Crippen LogP contribution in [0.2, 0.25) is 0 Å². The first-order valence-electron chi connectivity index (χ1n) is 3.57. The monoisotopic (exact) mass is 163 g/mol. The summed E-state index contributed by atoms with van der Waals surface area (Å²) in [6.45, 7) is -0.300. The van der Waals surface area contributed by atoms with Crippen molar-refractivity contribution in [1.82, 2.24) is 0 Å². The van der Waals surface area contributed by atoms with Gasteiger partial charge in [-0.25, -0.2) is 0 Å². The smallest absolute Gasteiger partial charge is 0.102 e. The van der Waals surface area contributed by atoms with Gasteiger partial charge in [-0.1, -0.05) is 12.1 Å². The molecule has 0 radical (unpaired) electrons. The van der Waals surface area contributed by atoms with E-state index in [1.165, 1.54) is 0 Å². The standard InChI is InChI=1S/C9H9NO2/c10-5-7-1-3-8(4-2-7)9(12)6-11/h1-4,9,11-12H,6H2. The highest BCUT2D eigenvalue weighted by Crippen LogP contribution is 2.12. The summed E-state index contributed by atoms with van der Waals surface area (Å²) in [5, 5.41) is 26.2. The van der Waals surface area contributed by atoms with Gasteiger partial charge in [-0.2, -0.15) is 5.26 Å². The molecule has 0 aliphatic carbocycles. The summed E-state index contributed by atoms with van der Waals surface area (Å²) in [5.74, 6) is 0. The Morgan fingerprint density at radius 2 is 1.92 bits per heavy atom. The Balaban J connectivity index is 2.86. The SMILES string of the molecule is N#Cc1ccc(C(O)CO)cc1. The lowest BCUT2D eigenvalue weighted by atomic mass is 10.1. The summed E-state index contributed by atoms with van der Waals surface area (Å²) < 4.78 is 0. The molecule has 0 saturated heterocycles. The van der Waals surface area contributed by atoms with Crippen molar-refractivity contribution in [2.45, 2.75) is 6.10 Å². The van der Waals surface area contributed by atoms with Crippen LogP contribution in [0.1, 0.15) is 17.2 Å². The van der Waals surface area contributed by atoms with Crippen LogP contribution in [0.3, 0.4) is 0 Å². The Hall–Kier alpha value is -1.37. The third kappa shape index (κ3) is 1.82. The second kappa shape index (κ2) is 3.86. The molecule has 1 unspecified atom stereocenters. The van der Waals surface area contributed by atoms with Crippen molar-refractivity contribution in [3.63, 3.8) is 0 Å². The first kappa shape index (κ1) is 8.72. The predicted octanol–water partition coefficient (Wildman–Crippen LogP) is 0.584. The molecule has 1 aromatic carbocycles. The molecule has 0 aliphatic rings. The van der Waals surface area contributed by atoms with Gasteiger partial charge in [0.2, 0.25) is 0 Å². The molecule has 2 N–H and O–H groups in total. The molecule has 12 heavy (non-hydrogen) atoms. The van der Waals surface area contributed by atoms with E-state index >= 15 is 0 Å². The fraction of sp³-hybridized carbons (Fsp3) is 0.222. The van der Waals surface area contributed by atoms with Crippen molar-refractivity contribution in [2.24, 2.45) is 0 Å². The van der Waals surface area contributed by atoms with Gasteiger partial charge in [-0.05, 0) is 17.7 Å². The maximum atomic E-state index is 9.16. The number of benzene rings is 1. The topological polar surface area (TPSA) is 64.2 Å². The Morgan fingerprint density at radius 1 is 1.33 bits per heavy atom. The minimum absolute atomic E-state index is 0.300. The van der Waals surface area contributed by atoms with E-state index in [4.69, 9.17) is 15.5 Å². The minimum Gasteiger partial charge on any atom is -0.393 e. The zero-order chi connectivity index (χ0) is 8.97. The number of aliphatic hydroxyl groups excluding tert-OH is 2. The minimum atomic E-state index is -0.849. The highest BCUT2D eigenvalue weighted by molar-refractivity contribution is 5.32. The number of nitriles is 1. The summed E-state index contributed by atoms with van der Waals surface area (Å²) in [4.78, 5) is 0. The van der Waals surface area contributed by atoms with E-state index in [1.54, 1.807) is 24.3 Å². The molecular weight excluding hydrogens is 154 g/mol. The molecule has 0 spiro atoms. The molecule has 0 fully saturated rings. The second-order valence-electron chi connectivity index (χ2n) is 2.43. The van der Waals surface area contributed by atoms with Gasteiger partial charge in [-0.15, -0.1) is 0 Å². The summed E-state index contributed by atoms with van der Waals surface area (Å²) in [5.41, 5.74) is 1.17. The summed E-state index contributed by atoms with van der Waals surface area (Å²) >= 11 is 0. The van der Waals surface area contributed by atoms with Crippen LogP contribution in [0.25, 0.3) is 0 Å². The molecule has 3 nitrogen and oxygen atoms in total. The molecule has 62 valence electrons. The third-order valence-electron chi connectivity index (χ3n) is 1.60. The Bertz CT molecular complexity index is 286. The van der Waals surface area contributed by atoms with Crippen LogP contribution in [-0.4, -0.2) is 16.8 Å². The number of rotatable bonds is 2. The lowest BCUT2D eigenvalue weighted by Crippen LogP contribution is -2.01. The van der Waals surface area contributed by atoms with Gasteiger partial charge in [0.25, 0.3) is 0 Å². The molecule has 1 rings (SSSR count). The van der Waals surface area contributed by atoms with Crippen molar-refractivity contribution in [3.05, 3.63) is 35.4 Å². The molecule has 1 atom stereocenters. The highest BCUT2D eigenvalue weighted by atomic mass is 16.3. The van der Waals surface area contributed by atoms with Gasteiger partial charge in [0.1, 0.15) is 6.10 Å². The van der Waals surface area contributed by atoms with Crippen molar-refractivity contribution >= 4 is 0 Å².